The van der Waals surface area contributed by atoms with Crippen LogP contribution in [0.4, 0.5) is 0 Å². The Labute approximate surface area is 323 Å². The van der Waals surface area contributed by atoms with Crippen LogP contribution in [0.15, 0.2) is 97.5 Å². The maximum atomic E-state index is 6.64. The molecule has 52 heavy (non-hydrogen) atoms. The molecule has 0 aliphatic carbocycles. The number of para-hydroxylation sites is 1. The van der Waals surface area contributed by atoms with E-state index in [0.717, 1.165) is 45.3 Å². The monoisotopic (exact) mass is 867 g/mol. The Morgan fingerprint density at radius 3 is 2.19 bits per heavy atom. The number of hydrogen-bond acceptors (Lipinski definition) is 3. The van der Waals surface area contributed by atoms with Crippen molar-refractivity contribution in [1.82, 2.24) is 19.3 Å². The molecule has 0 bridgehead atoms. The van der Waals surface area contributed by atoms with Gasteiger partial charge in [0, 0.05) is 35.0 Å². The van der Waals surface area contributed by atoms with Crippen LogP contribution in [0.2, 0.25) is 0 Å². The van der Waals surface area contributed by atoms with Crippen LogP contribution in [-0.2, 0) is 32.9 Å². The minimum absolute atomic E-state index is 0. The second-order valence-corrected chi connectivity index (χ2v) is 15.8. The van der Waals surface area contributed by atoms with Crippen LogP contribution in [0.5, 0.6) is 11.5 Å². The Bertz CT molecular complexity index is 2330. The van der Waals surface area contributed by atoms with Gasteiger partial charge in [-0.05, 0) is 81.1 Å². The molecule has 7 rings (SSSR count). The molecule has 3 aromatic heterocycles. The molecular weight excluding hydrogens is 820 g/mol. The van der Waals surface area contributed by atoms with E-state index in [1.807, 2.05) is 23.1 Å². The van der Waals surface area contributed by atoms with Crippen molar-refractivity contribution in [3.05, 3.63) is 132 Å². The summed E-state index contributed by atoms with van der Waals surface area (Å²) in [4.78, 5) is 4.83. The topological polar surface area (TPSA) is 44.9 Å². The zero-order chi connectivity index (χ0) is 36.0. The fourth-order valence-electron chi connectivity index (χ4n) is 7.12. The first-order valence-corrected chi connectivity index (χ1v) is 18.2. The molecule has 0 spiro atoms. The predicted molar refractivity (Wildman–Crippen MR) is 211 cm³/mol. The van der Waals surface area contributed by atoms with Crippen LogP contribution in [0.25, 0.3) is 44.4 Å². The maximum Gasteiger partial charge on any atom is 2.00 e. The Morgan fingerprint density at radius 1 is 0.769 bits per heavy atom. The van der Waals surface area contributed by atoms with Crippen LogP contribution in [-0.4, -0.2) is 19.3 Å². The first kappa shape index (κ1) is 37.3. The standard InChI is InChI=1S/C46H48N4O.Pt/c1-29(2)21-32-22-35(49-28-33(27-48-49)45-38(30(3)4)14-12-15-39(45)31(5)6)25-37(23-32)51-36-17-18-41-40-13-10-11-16-42(40)50(43(41)26-36)44-24-34(19-20-47-44)46(7,8)9;/h10-20,22-24,27-31H,21H2,1-9H3;/q-2;+2. The SMILES string of the molecule is CC(C)Cc1cc(Oc2[c-]c3c(cc2)c2ccccc2n3-c2cc(C(C)(C)C)ccn2)[c-]c(-n2cc(-c3c(C(C)C)cccc3C(C)C)cn2)c1.[Pt+2]. The van der Waals surface area contributed by atoms with E-state index in [2.05, 4.69) is 158 Å². The number of rotatable bonds is 9. The fourth-order valence-corrected chi connectivity index (χ4v) is 7.12. The van der Waals surface area contributed by atoms with E-state index >= 15 is 0 Å². The van der Waals surface area contributed by atoms with Gasteiger partial charge in [0.25, 0.3) is 0 Å². The molecule has 0 aliphatic heterocycles. The summed E-state index contributed by atoms with van der Waals surface area (Å²) < 4.78 is 10.8. The van der Waals surface area contributed by atoms with Crippen molar-refractivity contribution in [2.24, 2.45) is 5.92 Å². The first-order valence-electron chi connectivity index (χ1n) is 18.2. The third kappa shape index (κ3) is 7.39. The summed E-state index contributed by atoms with van der Waals surface area (Å²) in [6.07, 6.45) is 6.93. The smallest absolute Gasteiger partial charge is 0.509 e. The van der Waals surface area contributed by atoms with Crippen LogP contribution < -0.4 is 4.74 Å². The van der Waals surface area contributed by atoms with Crippen molar-refractivity contribution in [3.63, 3.8) is 0 Å². The maximum absolute atomic E-state index is 6.64. The van der Waals surface area contributed by atoms with Crippen molar-refractivity contribution in [2.75, 3.05) is 0 Å². The van der Waals surface area contributed by atoms with Gasteiger partial charge in [0.05, 0.1) is 6.20 Å². The summed E-state index contributed by atoms with van der Waals surface area (Å²) >= 11 is 0. The second kappa shape index (κ2) is 14.9. The number of hydrogen-bond donors (Lipinski definition) is 0. The van der Waals surface area contributed by atoms with E-state index in [9.17, 15) is 0 Å². The Morgan fingerprint density at radius 2 is 1.50 bits per heavy atom. The largest absolute Gasteiger partial charge is 2.00 e. The van der Waals surface area contributed by atoms with E-state index in [4.69, 9.17) is 14.8 Å². The van der Waals surface area contributed by atoms with Gasteiger partial charge in [0.1, 0.15) is 5.82 Å². The fraction of sp³-hybridized carbons (Fsp3) is 0.304. The Kier molecular flexibility index (Phi) is 10.7. The van der Waals surface area contributed by atoms with Gasteiger partial charge in [-0.1, -0.05) is 104 Å². The van der Waals surface area contributed by atoms with E-state index < -0.39 is 0 Å². The van der Waals surface area contributed by atoms with Crippen molar-refractivity contribution in [1.29, 1.82) is 0 Å². The minimum atomic E-state index is -0.00710. The van der Waals surface area contributed by atoms with E-state index in [-0.39, 0.29) is 26.5 Å². The number of pyridine rings is 1. The third-order valence-corrected chi connectivity index (χ3v) is 9.64. The number of ether oxygens (including phenoxy) is 1. The molecule has 0 unspecified atom stereocenters. The Hall–Kier alpha value is -4.47. The van der Waals surface area contributed by atoms with Gasteiger partial charge in [-0.2, -0.15) is 16.7 Å². The average Bonchev–Trinajstić information content (AvgIpc) is 3.70. The van der Waals surface area contributed by atoms with Crippen LogP contribution in [0.3, 0.4) is 0 Å². The van der Waals surface area contributed by atoms with Gasteiger partial charge in [-0.3, -0.25) is 4.68 Å². The summed E-state index contributed by atoms with van der Waals surface area (Å²) in [5.41, 5.74) is 10.3. The van der Waals surface area contributed by atoms with Gasteiger partial charge in [-0.15, -0.1) is 35.7 Å². The van der Waals surface area contributed by atoms with Crippen molar-refractivity contribution in [2.45, 2.75) is 86.0 Å². The second-order valence-electron chi connectivity index (χ2n) is 15.8. The summed E-state index contributed by atoms with van der Waals surface area (Å²) in [6.45, 7) is 20.2. The van der Waals surface area contributed by atoms with Crippen LogP contribution >= 0.6 is 0 Å². The molecular formula is C46H48N4OPt. The summed E-state index contributed by atoms with van der Waals surface area (Å²) in [5.74, 6) is 3.39. The molecule has 0 amide bonds. The molecule has 6 heteroatoms. The number of nitrogens with zero attached hydrogens (tertiary/aromatic N) is 4. The van der Waals surface area contributed by atoms with Gasteiger partial charge in [-0.25, -0.2) is 4.98 Å². The summed E-state index contributed by atoms with van der Waals surface area (Å²) in [7, 11) is 0. The molecule has 0 N–H and O–H groups in total. The molecule has 0 aliphatic rings. The zero-order valence-corrected chi connectivity index (χ0v) is 34.0. The van der Waals surface area contributed by atoms with Gasteiger partial charge >= 0.3 is 21.1 Å². The normalized spacial score (nSPS) is 12.0. The quantitative estimate of drug-likeness (QED) is 0.136. The number of aromatic nitrogens is 4. The molecule has 0 fully saturated rings. The predicted octanol–water partition coefficient (Wildman–Crippen LogP) is 12.2. The zero-order valence-electron chi connectivity index (χ0n) is 31.7. The van der Waals surface area contributed by atoms with E-state index in [1.165, 1.54) is 27.8 Å². The van der Waals surface area contributed by atoms with E-state index in [1.54, 1.807) is 0 Å². The first-order chi connectivity index (χ1) is 24.4. The summed E-state index contributed by atoms with van der Waals surface area (Å²) in [5, 5.41) is 7.13. The molecule has 0 saturated carbocycles. The molecule has 7 aromatic rings. The average molecular weight is 868 g/mol. The van der Waals surface area contributed by atoms with Crippen molar-refractivity contribution < 1.29 is 25.8 Å². The molecule has 0 radical (unpaired) electrons. The van der Waals surface area contributed by atoms with Gasteiger partial charge in [0.2, 0.25) is 0 Å². The molecule has 0 atom stereocenters. The third-order valence-electron chi connectivity index (χ3n) is 9.64. The molecule has 0 saturated heterocycles. The van der Waals surface area contributed by atoms with Crippen LogP contribution in [0, 0.1) is 18.1 Å². The summed E-state index contributed by atoms with van der Waals surface area (Å²) in [6, 6.07) is 35.0. The molecule has 3 heterocycles. The van der Waals surface area contributed by atoms with Gasteiger partial charge in [0.15, 0.2) is 0 Å². The van der Waals surface area contributed by atoms with Crippen molar-refractivity contribution >= 4 is 21.8 Å². The molecule has 5 nitrogen and oxygen atoms in total. The molecule has 268 valence electrons. The number of benzene rings is 4. The number of fused-ring (bicyclic) bond motifs is 3. The minimum Gasteiger partial charge on any atom is -0.509 e. The van der Waals surface area contributed by atoms with Gasteiger partial charge < -0.3 is 9.30 Å². The molecule has 4 aromatic carbocycles. The van der Waals surface area contributed by atoms with Crippen LogP contribution in [0.1, 0.15) is 96.4 Å². The van der Waals surface area contributed by atoms with Crippen molar-refractivity contribution in [3.8, 4) is 34.1 Å². The van der Waals surface area contributed by atoms with E-state index in [0.29, 0.717) is 29.3 Å². The Balaban J connectivity index is 0.00000464.